The lowest BCUT2D eigenvalue weighted by molar-refractivity contribution is -0.119. The van der Waals surface area contributed by atoms with Gasteiger partial charge in [0.1, 0.15) is 6.54 Å². The number of hydrogen-bond donors (Lipinski definition) is 3. The molecule has 0 radical (unpaired) electrons. The Bertz CT molecular complexity index is 415. The SMILES string of the molecule is CCNC(=NCC(=O)NCCc1ccccc1)NCC.I. The lowest BCUT2D eigenvalue weighted by Gasteiger charge is -2.09. The van der Waals surface area contributed by atoms with Gasteiger partial charge in [-0.3, -0.25) is 4.79 Å². The van der Waals surface area contributed by atoms with Crippen molar-refractivity contribution in [2.45, 2.75) is 20.3 Å². The fourth-order valence-electron chi connectivity index (χ4n) is 1.71. The third-order valence-corrected chi connectivity index (χ3v) is 2.65. The fraction of sp³-hybridized carbons (Fsp3) is 0.467. The first-order valence-electron chi connectivity index (χ1n) is 7.09. The lowest BCUT2D eigenvalue weighted by atomic mass is 10.1. The number of carbonyl (C=O) groups excluding carboxylic acids is 1. The zero-order valence-corrected chi connectivity index (χ0v) is 15.0. The molecule has 0 fully saturated rings. The molecule has 0 aliphatic rings. The Kier molecular flexibility index (Phi) is 11.7. The minimum absolute atomic E-state index is 0. The molecule has 0 atom stereocenters. The molecule has 0 spiro atoms. The van der Waals surface area contributed by atoms with E-state index in [1.54, 1.807) is 0 Å². The van der Waals surface area contributed by atoms with Crippen LogP contribution < -0.4 is 16.0 Å². The summed E-state index contributed by atoms with van der Waals surface area (Å²) in [6.07, 6.45) is 0.837. The van der Waals surface area contributed by atoms with E-state index in [1.165, 1.54) is 5.56 Å². The molecule has 6 heteroatoms. The second-order valence-electron chi connectivity index (χ2n) is 4.31. The van der Waals surface area contributed by atoms with Crippen LogP contribution in [0.5, 0.6) is 0 Å². The van der Waals surface area contributed by atoms with Crippen LogP contribution >= 0.6 is 24.0 Å². The monoisotopic (exact) mass is 404 g/mol. The van der Waals surface area contributed by atoms with E-state index in [-0.39, 0.29) is 36.4 Å². The number of nitrogens with zero attached hydrogens (tertiary/aromatic N) is 1. The zero-order valence-electron chi connectivity index (χ0n) is 12.7. The van der Waals surface area contributed by atoms with Crippen molar-refractivity contribution in [1.82, 2.24) is 16.0 Å². The van der Waals surface area contributed by atoms with Crippen molar-refractivity contribution in [3.05, 3.63) is 35.9 Å². The number of nitrogens with one attached hydrogen (secondary N) is 3. The van der Waals surface area contributed by atoms with Gasteiger partial charge in [-0.1, -0.05) is 30.3 Å². The molecular formula is C15H25IN4O. The summed E-state index contributed by atoms with van der Waals surface area (Å²) in [5.74, 6) is 0.613. The molecule has 21 heavy (non-hydrogen) atoms. The summed E-state index contributed by atoms with van der Waals surface area (Å²) >= 11 is 0. The summed E-state index contributed by atoms with van der Waals surface area (Å²) in [6.45, 7) is 6.32. The van der Waals surface area contributed by atoms with Crippen LogP contribution in [-0.4, -0.2) is 38.0 Å². The Morgan fingerprint density at radius 2 is 1.67 bits per heavy atom. The Hall–Kier alpha value is -1.31. The first-order chi connectivity index (χ1) is 9.76. The summed E-state index contributed by atoms with van der Waals surface area (Å²) in [5.41, 5.74) is 1.22. The maximum atomic E-state index is 11.7. The van der Waals surface area contributed by atoms with Gasteiger partial charge in [0.05, 0.1) is 0 Å². The summed E-state index contributed by atoms with van der Waals surface area (Å²) < 4.78 is 0. The summed E-state index contributed by atoms with van der Waals surface area (Å²) in [4.78, 5) is 15.9. The van der Waals surface area contributed by atoms with Crippen LogP contribution in [0.15, 0.2) is 35.3 Å². The number of benzene rings is 1. The van der Waals surface area contributed by atoms with Crippen molar-refractivity contribution in [3.8, 4) is 0 Å². The van der Waals surface area contributed by atoms with Crippen LogP contribution in [0, 0.1) is 0 Å². The number of carbonyl (C=O) groups is 1. The Balaban J connectivity index is 0.00000400. The fourth-order valence-corrected chi connectivity index (χ4v) is 1.71. The molecule has 1 aromatic carbocycles. The average Bonchev–Trinajstić information content (AvgIpc) is 2.46. The highest BCUT2D eigenvalue weighted by molar-refractivity contribution is 14.0. The zero-order chi connectivity index (χ0) is 14.6. The third kappa shape index (κ3) is 9.28. The first-order valence-corrected chi connectivity index (χ1v) is 7.09. The van der Waals surface area contributed by atoms with Gasteiger partial charge in [0.15, 0.2) is 5.96 Å². The van der Waals surface area contributed by atoms with Gasteiger partial charge in [-0.25, -0.2) is 4.99 Å². The minimum Gasteiger partial charge on any atom is -0.357 e. The maximum Gasteiger partial charge on any atom is 0.241 e. The largest absolute Gasteiger partial charge is 0.357 e. The van der Waals surface area contributed by atoms with E-state index in [4.69, 9.17) is 0 Å². The van der Waals surface area contributed by atoms with Crippen molar-refractivity contribution in [2.24, 2.45) is 4.99 Å². The predicted molar refractivity (Wildman–Crippen MR) is 98.2 cm³/mol. The molecule has 0 unspecified atom stereocenters. The lowest BCUT2D eigenvalue weighted by Crippen LogP contribution is -2.38. The molecule has 0 bridgehead atoms. The molecule has 3 N–H and O–H groups in total. The highest BCUT2D eigenvalue weighted by atomic mass is 127. The normalized spacial score (nSPS) is 9.24. The Morgan fingerprint density at radius 1 is 1.05 bits per heavy atom. The maximum absolute atomic E-state index is 11.7. The van der Waals surface area contributed by atoms with E-state index in [0.29, 0.717) is 12.5 Å². The second-order valence-corrected chi connectivity index (χ2v) is 4.31. The number of rotatable bonds is 7. The Labute approximate surface area is 144 Å². The molecule has 1 rings (SSSR count). The van der Waals surface area contributed by atoms with E-state index >= 15 is 0 Å². The van der Waals surface area contributed by atoms with Gasteiger partial charge in [-0.15, -0.1) is 24.0 Å². The molecular weight excluding hydrogens is 379 g/mol. The summed E-state index contributed by atoms with van der Waals surface area (Å²) in [7, 11) is 0. The van der Waals surface area contributed by atoms with Gasteiger partial charge in [0, 0.05) is 19.6 Å². The highest BCUT2D eigenvalue weighted by Crippen LogP contribution is 1.97. The van der Waals surface area contributed by atoms with Gasteiger partial charge in [-0.05, 0) is 25.8 Å². The molecule has 1 amide bonds. The number of guanidine groups is 1. The van der Waals surface area contributed by atoms with Crippen molar-refractivity contribution >= 4 is 35.8 Å². The van der Waals surface area contributed by atoms with Crippen LogP contribution in [0.1, 0.15) is 19.4 Å². The number of amides is 1. The third-order valence-electron chi connectivity index (χ3n) is 2.65. The van der Waals surface area contributed by atoms with Gasteiger partial charge < -0.3 is 16.0 Å². The van der Waals surface area contributed by atoms with Crippen molar-refractivity contribution in [3.63, 3.8) is 0 Å². The van der Waals surface area contributed by atoms with Crippen LogP contribution in [-0.2, 0) is 11.2 Å². The predicted octanol–water partition coefficient (Wildman–Crippen LogP) is 1.54. The van der Waals surface area contributed by atoms with Gasteiger partial charge >= 0.3 is 0 Å². The van der Waals surface area contributed by atoms with Gasteiger partial charge in [0.2, 0.25) is 5.91 Å². The molecule has 0 aromatic heterocycles. The molecule has 1 aromatic rings. The molecule has 118 valence electrons. The molecule has 0 aliphatic carbocycles. The van der Waals surface area contributed by atoms with Crippen molar-refractivity contribution in [1.29, 1.82) is 0 Å². The van der Waals surface area contributed by atoms with Crippen LogP contribution in [0.25, 0.3) is 0 Å². The van der Waals surface area contributed by atoms with E-state index in [1.807, 2.05) is 32.0 Å². The first kappa shape index (κ1) is 19.7. The summed E-state index contributed by atoms with van der Waals surface area (Å²) in [5, 5.41) is 9.03. The van der Waals surface area contributed by atoms with E-state index in [2.05, 4.69) is 33.1 Å². The number of halogens is 1. The topological polar surface area (TPSA) is 65.5 Å². The molecule has 0 saturated heterocycles. The number of hydrogen-bond acceptors (Lipinski definition) is 2. The van der Waals surface area contributed by atoms with Crippen molar-refractivity contribution < 1.29 is 4.79 Å². The molecule has 0 aliphatic heterocycles. The van der Waals surface area contributed by atoms with Gasteiger partial charge in [0.25, 0.3) is 0 Å². The molecule has 5 nitrogen and oxygen atoms in total. The Morgan fingerprint density at radius 3 is 2.24 bits per heavy atom. The van der Waals surface area contributed by atoms with Crippen molar-refractivity contribution in [2.75, 3.05) is 26.2 Å². The van der Waals surface area contributed by atoms with Gasteiger partial charge in [-0.2, -0.15) is 0 Å². The second kappa shape index (κ2) is 12.4. The summed E-state index contributed by atoms with van der Waals surface area (Å²) in [6, 6.07) is 10.1. The molecule has 0 saturated carbocycles. The molecule has 0 heterocycles. The van der Waals surface area contributed by atoms with Crippen LogP contribution in [0.2, 0.25) is 0 Å². The van der Waals surface area contributed by atoms with Crippen LogP contribution in [0.4, 0.5) is 0 Å². The van der Waals surface area contributed by atoms with E-state index < -0.39 is 0 Å². The number of aliphatic imine (C=N–C) groups is 1. The van der Waals surface area contributed by atoms with E-state index in [0.717, 1.165) is 19.5 Å². The standard InChI is InChI=1S/C15H24N4O.HI/c1-3-16-15(17-4-2)19-12-14(20)18-11-10-13-8-6-5-7-9-13;/h5-9H,3-4,10-12H2,1-2H3,(H,18,20)(H2,16,17,19);1H. The smallest absolute Gasteiger partial charge is 0.241 e. The average molecular weight is 404 g/mol. The quantitative estimate of drug-likeness (QED) is 0.367. The minimum atomic E-state index is -0.0609. The van der Waals surface area contributed by atoms with Crippen LogP contribution in [0.3, 0.4) is 0 Å². The van der Waals surface area contributed by atoms with E-state index in [9.17, 15) is 4.79 Å². The highest BCUT2D eigenvalue weighted by Gasteiger charge is 2.01.